The van der Waals surface area contributed by atoms with Gasteiger partial charge in [-0.3, -0.25) is 0 Å². The average molecular weight is 578 g/mol. The smallest absolute Gasteiger partial charge is 0.335 e. The molecule has 0 aliphatic rings. The molecule has 0 amide bonds. The van der Waals surface area contributed by atoms with Crippen LogP contribution < -0.4 is 4.90 Å². The number of carbonyl (C=O) groups is 1. The fraction of sp³-hybridized carbons (Fsp3) is 0.289. The molecule has 0 aromatic heterocycles. The summed E-state index contributed by atoms with van der Waals surface area (Å²) in [5.41, 5.74) is 4.54. The van der Waals surface area contributed by atoms with Crippen LogP contribution in [0.25, 0.3) is 0 Å². The van der Waals surface area contributed by atoms with Crippen molar-refractivity contribution < 1.29 is 9.53 Å². The maximum atomic E-state index is 13.8. The fourth-order valence-corrected chi connectivity index (χ4v) is 5.90. The first-order chi connectivity index (χ1) is 20.0. The van der Waals surface area contributed by atoms with E-state index in [0.29, 0.717) is 5.57 Å². The van der Waals surface area contributed by atoms with Crippen LogP contribution in [-0.2, 0) is 22.6 Å². The van der Waals surface area contributed by atoms with Gasteiger partial charge >= 0.3 is 5.97 Å². The second-order valence-electron chi connectivity index (χ2n) is 12.7. The summed E-state index contributed by atoms with van der Waals surface area (Å²) in [4.78, 5) is 17.3. The lowest BCUT2D eigenvalue weighted by molar-refractivity contribution is -0.150. The number of carbonyl (C=O) groups excluding carboxylic acids is 1. The zero-order valence-corrected chi connectivity index (χ0v) is 26.5. The van der Waals surface area contributed by atoms with Crippen LogP contribution in [0, 0.1) is 5.41 Å². The van der Waals surface area contributed by atoms with Crippen LogP contribution in [0.15, 0.2) is 131 Å². The molecule has 0 bridgehead atoms. The van der Waals surface area contributed by atoms with Gasteiger partial charge in [-0.25, -0.2) is 4.79 Å². The van der Waals surface area contributed by atoms with Crippen molar-refractivity contribution in [1.82, 2.24) is 0 Å². The highest BCUT2D eigenvalue weighted by atomic mass is 32.2. The third kappa shape index (κ3) is 9.12. The largest absolute Gasteiger partial charge is 0.457 e. The summed E-state index contributed by atoms with van der Waals surface area (Å²) in [6, 6.07) is 40.0. The molecular formula is C38H43NO2S. The molecule has 218 valence electrons. The number of hydrogen-bond acceptors (Lipinski definition) is 4. The summed E-state index contributed by atoms with van der Waals surface area (Å²) in [7, 11) is 0. The van der Waals surface area contributed by atoms with Gasteiger partial charge in [0.1, 0.15) is 5.60 Å². The monoisotopic (exact) mass is 577 g/mol. The summed E-state index contributed by atoms with van der Waals surface area (Å²) in [5.74, 6) is -0.458. The number of anilines is 1. The summed E-state index contributed by atoms with van der Waals surface area (Å²) < 4.78 is 5.99. The van der Waals surface area contributed by atoms with Crippen molar-refractivity contribution in [2.24, 2.45) is 5.41 Å². The Hall–Kier alpha value is -3.76. The third-order valence-corrected chi connectivity index (χ3v) is 7.79. The van der Waals surface area contributed by atoms with Gasteiger partial charge in [0.15, 0.2) is 0 Å². The molecule has 4 rings (SSSR count). The molecule has 3 nitrogen and oxygen atoms in total. The summed E-state index contributed by atoms with van der Waals surface area (Å²) in [5, 5.41) is 2.00. The molecule has 4 aromatic rings. The van der Waals surface area contributed by atoms with Crippen LogP contribution in [0.2, 0.25) is 0 Å². The van der Waals surface area contributed by atoms with E-state index in [4.69, 9.17) is 4.74 Å². The quantitative estimate of drug-likeness (QED) is 0.107. The van der Waals surface area contributed by atoms with Gasteiger partial charge in [0.05, 0.1) is 5.57 Å². The van der Waals surface area contributed by atoms with Gasteiger partial charge in [0.25, 0.3) is 0 Å². The van der Waals surface area contributed by atoms with E-state index in [0.717, 1.165) is 29.2 Å². The van der Waals surface area contributed by atoms with Crippen molar-refractivity contribution in [3.05, 3.63) is 143 Å². The van der Waals surface area contributed by atoms with Crippen molar-refractivity contribution in [3.63, 3.8) is 0 Å². The van der Waals surface area contributed by atoms with Gasteiger partial charge in [-0.15, -0.1) is 0 Å². The average Bonchev–Trinajstić information content (AvgIpc) is 2.95. The van der Waals surface area contributed by atoms with Crippen molar-refractivity contribution in [2.45, 2.75) is 71.0 Å². The normalized spacial score (nSPS) is 13.0. The first kappa shape index (κ1) is 31.2. The molecule has 0 N–H and O–H groups in total. The molecule has 0 saturated carbocycles. The van der Waals surface area contributed by atoms with Gasteiger partial charge in [-0.1, -0.05) is 124 Å². The van der Waals surface area contributed by atoms with Crippen LogP contribution in [-0.4, -0.2) is 11.6 Å². The predicted molar refractivity (Wildman–Crippen MR) is 178 cm³/mol. The van der Waals surface area contributed by atoms with Crippen LogP contribution in [0.3, 0.4) is 0 Å². The molecule has 0 unspecified atom stereocenters. The van der Waals surface area contributed by atoms with Gasteiger partial charge in [0, 0.05) is 29.6 Å². The first-order valence-electron chi connectivity index (χ1n) is 14.6. The third-order valence-electron chi connectivity index (χ3n) is 6.88. The highest BCUT2D eigenvalue weighted by Gasteiger charge is 2.35. The predicted octanol–water partition coefficient (Wildman–Crippen LogP) is 10.0. The minimum absolute atomic E-state index is 0.182. The van der Waals surface area contributed by atoms with Gasteiger partial charge in [-0.2, -0.15) is 0 Å². The van der Waals surface area contributed by atoms with E-state index in [9.17, 15) is 4.79 Å². The molecular weight excluding hydrogens is 534 g/mol. The van der Waals surface area contributed by atoms with Crippen molar-refractivity contribution >= 4 is 23.4 Å². The Morgan fingerprint density at radius 2 is 1.26 bits per heavy atom. The minimum Gasteiger partial charge on any atom is -0.457 e. The highest BCUT2D eigenvalue weighted by molar-refractivity contribution is 8.02. The molecule has 0 saturated heterocycles. The molecule has 4 aromatic carbocycles. The summed E-state index contributed by atoms with van der Waals surface area (Å²) >= 11 is 1.56. The van der Waals surface area contributed by atoms with Crippen LogP contribution in [0.1, 0.15) is 64.2 Å². The fourth-order valence-electron chi connectivity index (χ4n) is 5.09. The SMILES string of the molecule is CC(C)(C)OC(=O)C(=CSc1ccccc1)[C@H](c1cccc(N(Cc2ccccc2)Cc2ccccc2)c1)C(C)(C)C. The maximum Gasteiger partial charge on any atom is 0.335 e. The highest BCUT2D eigenvalue weighted by Crippen LogP contribution is 2.44. The Labute approximate surface area is 256 Å². The van der Waals surface area contributed by atoms with Crippen molar-refractivity contribution in [1.29, 1.82) is 0 Å². The lowest BCUT2D eigenvalue weighted by Gasteiger charge is -2.34. The Balaban J connectivity index is 1.77. The van der Waals surface area contributed by atoms with Gasteiger partial charge in [-0.05, 0) is 72.6 Å². The Morgan fingerprint density at radius 1 is 0.738 bits per heavy atom. The lowest BCUT2D eigenvalue weighted by Crippen LogP contribution is -2.30. The summed E-state index contributed by atoms with van der Waals surface area (Å²) in [6.45, 7) is 13.9. The van der Waals surface area contributed by atoms with E-state index in [1.807, 2.05) is 44.4 Å². The van der Waals surface area contributed by atoms with Crippen LogP contribution >= 0.6 is 11.8 Å². The van der Waals surface area contributed by atoms with Gasteiger partial charge < -0.3 is 9.64 Å². The minimum atomic E-state index is -0.597. The van der Waals surface area contributed by atoms with E-state index in [-0.39, 0.29) is 17.3 Å². The van der Waals surface area contributed by atoms with E-state index in [2.05, 4.69) is 123 Å². The first-order valence-corrected chi connectivity index (χ1v) is 15.5. The molecule has 0 heterocycles. The number of esters is 1. The number of nitrogens with zero attached hydrogens (tertiary/aromatic N) is 1. The van der Waals surface area contributed by atoms with Crippen LogP contribution in [0.4, 0.5) is 5.69 Å². The topological polar surface area (TPSA) is 29.5 Å². The maximum absolute atomic E-state index is 13.8. The number of rotatable bonds is 10. The van der Waals surface area contributed by atoms with E-state index < -0.39 is 5.60 Å². The number of hydrogen-bond donors (Lipinski definition) is 0. The standard InChI is InChI=1S/C38H43NO2S/c1-37(2,3)35(34(36(40)41-38(4,5)6)28-42-33-23-14-9-15-24-33)31-21-16-22-32(25-31)39(26-29-17-10-7-11-18-29)27-30-19-12-8-13-20-30/h7-25,28,35H,26-27H2,1-6H3/t35-/m0/s1. The van der Waals surface area contributed by atoms with E-state index >= 15 is 0 Å². The lowest BCUT2D eigenvalue weighted by atomic mass is 9.72. The summed E-state index contributed by atoms with van der Waals surface area (Å²) in [6.07, 6.45) is 0. The number of ether oxygens (including phenoxy) is 1. The molecule has 0 radical (unpaired) electrons. The van der Waals surface area contributed by atoms with Crippen molar-refractivity contribution in [3.8, 4) is 0 Å². The molecule has 42 heavy (non-hydrogen) atoms. The zero-order valence-electron chi connectivity index (χ0n) is 25.7. The van der Waals surface area contributed by atoms with Crippen LogP contribution in [0.5, 0.6) is 0 Å². The second kappa shape index (κ2) is 13.9. The van der Waals surface area contributed by atoms with E-state index in [1.54, 1.807) is 11.8 Å². The molecule has 0 aliphatic carbocycles. The Morgan fingerprint density at radius 3 is 1.76 bits per heavy atom. The zero-order chi connectivity index (χ0) is 30.2. The Bertz CT molecular complexity index is 1410. The molecule has 0 aliphatic heterocycles. The second-order valence-corrected chi connectivity index (χ2v) is 13.7. The van der Waals surface area contributed by atoms with Gasteiger partial charge in [0.2, 0.25) is 0 Å². The van der Waals surface area contributed by atoms with Crippen molar-refractivity contribution in [2.75, 3.05) is 4.90 Å². The van der Waals surface area contributed by atoms with E-state index in [1.165, 1.54) is 11.1 Å². The number of benzene rings is 4. The Kier molecular flexibility index (Phi) is 10.3. The number of thioether (sulfide) groups is 1. The molecule has 0 fully saturated rings. The molecule has 4 heteroatoms. The molecule has 1 atom stereocenters. The molecule has 0 spiro atoms.